The number of hydrogen-bond donors (Lipinski definition) is 0. The highest BCUT2D eigenvalue weighted by Gasteiger charge is 2.45. The molecule has 0 atom stereocenters. The minimum Gasteiger partial charge on any atom is -0.497 e. The minimum atomic E-state index is -1.16. The van der Waals surface area contributed by atoms with E-state index in [9.17, 15) is 14.4 Å². The van der Waals surface area contributed by atoms with Crippen molar-refractivity contribution in [1.29, 1.82) is 0 Å². The van der Waals surface area contributed by atoms with E-state index in [1.54, 1.807) is 79.4 Å². The number of hydrogen-bond acceptors (Lipinski definition) is 7. The molecule has 1 aliphatic rings. The summed E-state index contributed by atoms with van der Waals surface area (Å²) in [7, 11) is 5.12. The maximum Gasteiger partial charge on any atom is 0.253 e. The molecule has 10 heteroatoms. The highest BCUT2D eigenvalue weighted by molar-refractivity contribution is 6.20. The van der Waals surface area contributed by atoms with E-state index in [0.29, 0.717) is 54.7 Å². The molecule has 234 valence electrons. The third-order valence-electron chi connectivity index (χ3n) is 8.01. The number of ether oxygens (including phenoxy) is 2. The second kappa shape index (κ2) is 14.4. The van der Waals surface area contributed by atoms with Gasteiger partial charge in [-0.25, -0.2) is 0 Å². The van der Waals surface area contributed by atoms with Crippen molar-refractivity contribution in [3.8, 4) is 11.5 Å². The van der Waals surface area contributed by atoms with Crippen LogP contribution < -0.4 is 19.3 Å². The Hall–Kier alpha value is -4.44. The number of anilines is 2. The summed E-state index contributed by atoms with van der Waals surface area (Å²) in [5.74, 6) is 0.840. The smallest absolute Gasteiger partial charge is 0.253 e. The van der Waals surface area contributed by atoms with Crippen molar-refractivity contribution in [2.24, 2.45) is 5.41 Å². The fraction of sp³-hybridized carbons (Fsp3) is 0.412. The lowest BCUT2D eigenvalue weighted by Gasteiger charge is -2.27. The van der Waals surface area contributed by atoms with E-state index >= 15 is 0 Å². The van der Waals surface area contributed by atoms with E-state index < -0.39 is 5.41 Å². The first kappa shape index (κ1) is 32.5. The summed E-state index contributed by atoms with van der Waals surface area (Å²) in [5.41, 5.74) is 1.95. The van der Waals surface area contributed by atoms with Crippen LogP contribution in [0.25, 0.3) is 0 Å². The summed E-state index contributed by atoms with van der Waals surface area (Å²) < 4.78 is 11.3. The van der Waals surface area contributed by atoms with E-state index in [1.807, 2.05) is 44.3 Å². The lowest BCUT2D eigenvalue weighted by Crippen LogP contribution is -2.47. The molecule has 4 rings (SSSR count). The van der Waals surface area contributed by atoms with Crippen molar-refractivity contribution in [2.75, 3.05) is 63.8 Å². The van der Waals surface area contributed by atoms with Gasteiger partial charge in [0.1, 0.15) is 16.9 Å². The number of fused-ring (bicyclic) bond motifs is 1. The molecule has 0 unspecified atom stereocenters. The van der Waals surface area contributed by atoms with Crippen molar-refractivity contribution >= 4 is 29.1 Å². The molecule has 10 nitrogen and oxygen atoms in total. The van der Waals surface area contributed by atoms with Crippen molar-refractivity contribution in [3.05, 3.63) is 78.1 Å². The lowest BCUT2D eigenvalue weighted by atomic mass is 9.90. The van der Waals surface area contributed by atoms with Gasteiger partial charge in [-0.05, 0) is 81.3 Å². The zero-order valence-corrected chi connectivity index (χ0v) is 26.6. The second-order valence-corrected chi connectivity index (χ2v) is 11.5. The molecule has 2 heterocycles. The van der Waals surface area contributed by atoms with Gasteiger partial charge in [0.2, 0.25) is 11.8 Å². The molecular formula is C34H43N5O5. The third kappa shape index (κ3) is 7.37. The highest BCUT2D eigenvalue weighted by Crippen LogP contribution is 2.40. The largest absolute Gasteiger partial charge is 0.497 e. The SMILES string of the molecule is CCN1C(=O)C(C)(C)C(=O)N(C)c2cc(OCCCN(CCN(C)C(=O)c3ccc(OC)cc3)Cc3ccncc3)ccc21. The summed E-state index contributed by atoms with van der Waals surface area (Å²) in [6.07, 6.45) is 4.31. The number of methoxy groups -OCH3 is 1. The number of carbonyl (C=O) groups is 3. The number of amides is 3. The normalized spacial score (nSPS) is 14.3. The van der Waals surface area contributed by atoms with Gasteiger partial charge in [0, 0.05) is 70.8 Å². The number of likely N-dealkylation sites (N-methyl/N-ethyl adjacent to an activating group) is 1. The molecule has 0 radical (unpaired) electrons. The van der Waals surface area contributed by atoms with Crippen LogP contribution in [0.4, 0.5) is 11.4 Å². The fourth-order valence-corrected chi connectivity index (χ4v) is 5.31. The first-order chi connectivity index (χ1) is 21.1. The van der Waals surface area contributed by atoms with Gasteiger partial charge in [-0.15, -0.1) is 0 Å². The lowest BCUT2D eigenvalue weighted by molar-refractivity contribution is -0.137. The van der Waals surface area contributed by atoms with Crippen molar-refractivity contribution in [1.82, 2.24) is 14.8 Å². The van der Waals surface area contributed by atoms with Crippen molar-refractivity contribution < 1.29 is 23.9 Å². The number of carbonyl (C=O) groups excluding carboxylic acids is 3. The van der Waals surface area contributed by atoms with Crippen LogP contribution in [0.1, 0.15) is 43.1 Å². The predicted molar refractivity (Wildman–Crippen MR) is 171 cm³/mol. The Morgan fingerprint density at radius 2 is 1.59 bits per heavy atom. The Labute approximate surface area is 260 Å². The molecule has 0 fully saturated rings. The molecule has 0 spiro atoms. The van der Waals surface area contributed by atoms with E-state index in [2.05, 4.69) is 9.88 Å². The molecule has 2 aromatic carbocycles. The van der Waals surface area contributed by atoms with Gasteiger partial charge in [-0.2, -0.15) is 0 Å². The van der Waals surface area contributed by atoms with Crippen molar-refractivity contribution in [2.45, 2.75) is 33.7 Å². The molecule has 3 aromatic rings. The van der Waals surface area contributed by atoms with Crippen molar-refractivity contribution in [3.63, 3.8) is 0 Å². The van der Waals surface area contributed by atoms with Gasteiger partial charge >= 0.3 is 0 Å². The molecule has 0 aliphatic carbocycles. The van der Waals surface area contributed by atoms with Gasteiger partial charge in [-0.3, -0.25) is 24.3 Å². The average Bonchev–Trinajstić information content (AvgIpc) is 3.09. The summed E-state index contributed by atoms with van der Waals surface area (Å²) in [4.78, 5) is 50.7. The van der Waals surface area contributed by atoms with Crippen LogP contribution in [-0.2, 0) is 16.1 Å². The Bertz CT molecular complexity index is 1440. The number of benzene rings is 2. The van der Waals surface area contributed by atoms with Crippen LogP contribution in [0.5, 0.6) is 11.5 Å². The summed E-state index contributed by atoms with van der Waals surface area (Å²) in [5, 5.41) is 0. The molecule has 0 bridgehead atoms. The fourth-order valence-electron chi connectivity index (χ4n) is 5.31. The molecular weight excluding hydrogens is 558 g/mol. The minimum absolute atomic E-state index is 0.0433. The third-order valence-corrected chi connectivity index (χ3v) is 8.01. The van der Waals surface area contributed by atoms with Crippen LogP contribution in [-0.4, -0.2) is 86.5 Å². The first-order valence-electron chi connectivity index (χ1n) is 14.9. The van der Waals surface area contributed by atoms with Crippen LogP contribution in [0.15, 0.2) is 67.0 Å². The first-order valence-corrected chi connectivity index (χ1v) is 14.9. The summed E-state index contributed by atoms with van der Waals surface area (Å²) in [6.45, 7) is 8.89. The number of aromatic nitrogens is 1. The van der Waals surface area contributed by atoms with Crippen LogP contribution in [0.2, 0.25) is 0 Å². The topological polar surface area (TPSA) is 95.5 Å². The molecule has 0 saturated heterocycles. The number of pyridine rings is 1. The van der Waals surface area contributed by atoms with Gasteiger partial charge in [0.15, 0.2) is 0 Å². The van der Waals surface area contributed by atoms with E-state index in [4.69, 9.17) is 9.47 Å². The van der Waals surface area contributed by atoms with E-state index in [1.165, 1.54) is 0 Å². The number of nitrogens with zero attached hydrogens (tertiary/aromatic N) is 5. The van der Waals surface area contributed by atoms with Crippen LogP contribution in [0.3, 0.4) is 0 Å². The molecule has 44 heavy (non-hydrogen) atoms. The quantitative estimate of drug-likeness (QED) is 0.211. The predicted octanol–water partition coefficient (Wildman–Crippen LogP) is 4.49. The van der Waals surface area contributed by atoms with Gasteiger partial charge < -0.3 is 24.2 Å². The Balaban J connectivity index is 1.38. The van der Waals surface area contributed by atoms with Gasteiger partial charge in [0.05, 0.1) is 25.1 Å². The van der Waals surface area contributed by atoms with Gasteiger partial charge in [0.25, 0.3) is 5.91 Å². The van der Waals surface area contributed by atoms with E-state index in [-0.39, 0.29) is 17.7 Å². The number of rotatable bonds is 13. The van der Waals surface area contributed by atoms with E-state index in [0.717, 1.165) is 25.1 Å². The molecule has 1 aliphatic heterocycles. The molecule has 0 N–H and O–H groups in total. The van der Waals surface area contributed by atoms with Crippen LogP contribution in [0, 0.1) is 5.41 Å². The van der Waals surface area contributed by atoms with Gasteiger partial charge in [-0.1, -0.05) is 0 Å². The summed E-state index contributed by atoms with van der Waals surface area (Å²) >= 11 is 0. The summed E-state index contributed by atoms with van der Waals surface area (Å²) in [6, 6.07) is 16.6. The second-order valence-electron chi connectivity index (χ2n) is 11.5. The molecule has 0 saturated carbocycles. The standard InChI is InChI=1S/C34H43N5O5/c1-7-39-29-14-13-28(23-30(29)37(5)32(41)34(2,3)33(39)42)44-22-8-19-38(24-25-15-17-35-18-16-25)21-20-36(4)31(40)26-9-11-27(43-6)12-10-26/h9-18,23H,7-8,19-22,24H2,1-6H3. The Morgan fingerprint density at radius 3 is 2.25 bits per heavy atom. The maximum absolute atomic E-state index is 13.2. The molecule has 3 amide bonds. The Kier molecular flexibility index (Phi) is 10.6. The monoisotopic (exact) mass is 601 g/mol. The zero-order chi connectivity index (χ0) is 31.9. The van der Waals surface area contributed by atoms with Crippen LogP contribution >= 0.6 is 0 Å². The maximum atomic E-state index is 13.2. The highest BCUT2D eigenvalue weighted by atomic mass is 16.5. The average molecular weight is 602 g/mol. The molecule has 1 aromatic heterocycles. The Morgan fingerprint density at radius 1 is 0.909 bits per heavy atom. The zero-order valence-electron chi connectivity index (χ0n) is 26.6.